The molecule has 0 aliphatic carbocycles. The van der Waals surface area contributed by atoms with Crippen molar-refractivity contribution in [2.75, 3.05) is 30.4 Å². The van der Waals surface area contributed by atoms with Crippen LogP contribution in [0.1, 0.15) is 46.5 Å². The van der Waals surface area contributed by atoms with Crippen molar-refractivity contribution in [1.82, 2.24) is 4.90 Å². The topological polar surface area (TPSA) is 55.8 Å². The van der Waals surface area contributed by atoms with E-state index in [2.05, 4.69) is 24.2 Å². The second kappa shape index (κ2) is 7.88. The van der Waals surface area contributed by atoms with Gasteiger partial charge in [0, 0.05) is 31.5 Å². The quantitative estimate of drug-likeness (QED) is 0.835. The van der Waals surface area contributed by atoms with Crippen LogP contribution in [0.2, 0.25) is 0 Å². The summed E-state index contributed by atoms with van der Waals surface area (Å²) in [5.74, 6) is 0. The fourth-order valence-electron chi connectivity index (χ4n) is 3.26. The summed E-state index contributed by atoms with van der Waals surface area (Å²) >= 11 is 0. The van der Waals surface area contributed by atoms with Gasteiger partial charge in [0.2, 0.25) is 0 Å². The van der Waals surface area contributed by atoms with Gasteiger partial charge in [-0.3, -0.25) is 0 Å². The molecule has 24 heavy (non-hydrogen) atoms. The molecule has 134 valence electrons. The second-order valence-electron chi connectivity index (χ2n) is 7.26. The molecule has 0 spiro atoms. The van der Waals surface area contributed by atoms with E-state index < -0.39 is 5.60 Å². The molecular weight excluding hydrogens is 302 g/mol. The van der Waals surface area contributed by atoms with E-state index in [1.54, 1.807) is 18.7 Å². The van der Waals surface area contributed by atoms with Gasteiger partial charge in [-0.15, -0.1) is 0 Å². The van der Waals surface area contributed by atoms with Crippen LogP contribution in [0.15, 0.2) is 24.3 Å². The maximum Gasteiger partial charge on any atom is 0.322 e. The van der Waals surface area contributed by atoms with Crippen LogP contribution >= 0.6 is 0 Å². The van der Waals surface area contributed by atoms with E-state index in [-0.39, 0.29) is 12.1 Å². The smallest absolute Gasteiger partial charge is 0.322 e. The fraction of sp³-hybridized carbons (Fsp3) is 0.632. The van der Waals surface area contributed by atoms with Crippen molar-refractivity contribution in [2.45, 2.75) is 58.1 Å². The lowest BCUT2D eigenvalue weighted by molar-refractivity contribution is 0.0117. The van der Waals surface area contributed by atoms with E-state index in [1.165, 1.54) is 12.8 Å². The van der Waals surface area contributed by atoms with Crippen LogP contribution in [-0.4, -0.2) is 47.8 Å². The highest BCUT2D eigenvalue weighted by Gasteiger charge is 2.38. The van der Waals surface area contributed by atoms with E-state index in [1.807, 2.05) is 24.3 Å². The lowest BCUT2D eigenvalue weighted by Gasteiger charge is -2.33. The summed E-state index contributed by atoms with van der Waals surface area (Å²) in [6, 6.07) is 7.67. The Morgan fingerprint density at radius 2 is 2.04 bits per heavy atom. The number of unbranched alkanes of at least 4 members (excludes halogenated alkanes) is 1. The van der Waals surface area contributed by atoms with E-state index in [0.717, 1.165) is 30.8 Å². The van der Waals surface area contributed by atoms with Gasteiger partial charge in [-0.05, 0) is 57.4 Å². The Hall–Kier alpha value is -1.75. The second-order valence-corrected chi connectivity index (χ2v) is 7.26. The van der Waals surface area contributed by atoms with Gasteiger partial charge in [-0.2, -0.15) is 0 Å². The van der Waals surface area contributed by atoms with Crippen molar-refractivity contribution in [3.8, 4) is 0 Å². The number of anilines is 2. The largest absolute Gasteiger partial charge is 0.388 e. The zero-order chi connectivity index (χ0) is 17.7. The van der Waals surface area contributed by atoms with Crippen molar-refractivity contribution in [3.63, 3.8) is 0 Å². The normalized spacial score (nSPS) is 17.9. The Bertz CT molecular complexity index is 537. The van der Waals surface area contributed by atoms with Gasteiger partial charge in [0.25, 0.3) is 0 Å². The number of likely N-dealkylation sites (tertiary alicyclic amines) is 1. The molecule has 1 atom stereocenters. The molecule has 1 unspecified atom stereocenters. The first-order valence-corrected chi connectivity index (χ1v) is 8.94. The van der Waals surface area contributed by atoms with Gasteiger partial charge < -0.3 is 20.2 Å². The monoisotopic (exact) mass is 333 g/mol. The molecule has 2 amide bonds. The molecule has 0 aromatic heterocycles. The van der Waals surface area contributed by atoms with Crippen LogP contribution in [0.4, 0.5) is 16.2 Å². The summed E-state index contributed by atoms with van der Waals surface area (Å²) in [5, 5.41) is 13.2. The van der Waals surface area contributed by atoms with Gasteiger partial charge in [0.05, 0.1) is 11.6 Å². The van der Waals surface area contributed by atoms with Crippen molar-refractivity contribution < 1.29 is 9.90 Å². The molecule has 5 nitrogen and oxygen atoms in total. The molecule has 0 radical (unpaired) electrons. The van der Waals surface area contributed by atoms with Crippen LogP contribution in [0.25, 0.3) is 0 Å². The number of amides is 2. The van der Waals surface area contributed by atoms with Gasteiger partial charge >= 0.3 is 6.03 Å². The molecule has 1 fully saturated rings. The lowest BCUT2D eigenvalue weighted by Crippen LogP contribution is -2.49. The van der Waals surface area contributed by atoms with E-state index in [9.17, 15) is 9.90 Å². The lowest BCUT2D eigenvalue weighted by atomic mass is 9.97. The molecular formula is C19H31N3O2. The van der Waals surface area contributed by atoms with Gasteiger partial charge in [0.15, 0.2) is 0 Å². The number of hydrogen-bond donors (Lipinski definition) is 2. The minimum absolute atomic E-state index is 0.128. The number of hydrogen-bond acceptors (Lipinski definition) is 3. The van der Waals surface area contributed by atoms with Crippen LogP contribution in [0.5, 0.6) is 0 Å². The number of nitrogens with zero attached hydrogens (tertiary/aromatic N) is 2. The Morgan fingerprint density at radius 1 is 1.38 bits per heavy atom. The minimum atomic E-state index is -0.875. The summed E-state index contributed by atoms with van der Waals surface area (Å²) in [6.07, 6.45) is 4.13. The first-order valence-electron chi connectivity index (χ1n) is 8.94. The van der Waals surface area contributed by atoms with Crippen LogP contribution in [-0.2, 0) is 0 Å². The molecule has 1 aliphatic rings. The molecule has 1 aromatic rings. The predicted octanol–water partition coefficient (Wildman–Crippen LogP) is 3.69. The highest BCUT2D eigenvalue weighted by Crippen LogP contribution is 2.27. The van der Waals surface area contributed by atoms with E-state index in [0.29, 0.717) is 6.54 Å². The average molecular weight is 333 g/mol. The zero-order valence-corrected chi connectivity index (χ0v) is 15.4. The van der Waals surface area contributed by atoms with Crippen LogP contribution < -0.4 is 10.2 Å². The van der Waals surface area contributed by atoms with E-state index >= 15 is 0 Å². The number of carbonyl (C=O) groups excluding carboxylic acids is 1. The van der Waals surface area contributed by atoms with Crippen molar-refractivity contribution in [2.24, 2.45) is 0 Å². The summed E-state index contributed by atoms with van der Waals surface area (Å²) in [4.78, 5) is 16.5. The van der Waals surface area contributed by atoms with Gasteiger partial charge in [0.1, 0.15) is 0 Å². The summed E-state index contributed by atoms with van der Waals surface area (Å²) in [7, 11) is 2.08. The first kappa shape index (κ1) is 18.6. The maximum atomic E-state index is 12.5. The molecule has 0 saturated carbocycles. The third kappa shape index (κ3) is 4.63. The highest BCUT2D eigenvalue weighted by atomic mass is 16.3. The van der Waals surface area contributed by atoms with Crippen LogP contribution in [0.3, 0.4) is 0 Å². The standard InChI is InChI=1S/C19H31N3O2/c1-5-6-13-21(4)16-11-9-15(10-12-16)20-18(23)22-14-7-8-17(22)19(2,3)24/h9-12,17,24H,5-8,13-14H2,1-4H3,(H,20,23). The van der Waals surface area contributed by atoms with Crippen molar-refractivity contribution in [3.05, 3.63) is 24.3 Å². The van der Waals surface area contributed by atoms with Crippen LogP contribution in [0, 0.1) is 0 Å². The number of nitrogens with one attached hydrogen (secondary N) is 1. The number of benzene rings is 1. The summed E-state index contributed by atoms with van der Waals surface area (Å²) in [5.41, 5.74) is 1.06. The van der Waals surface area contributed by atoms with Gasteiger partial charge in [-0.1, -0.05) is 13.3 Å². The fourth-order valence-corrected chi connectivity index (χ4v) is 3.26. The molecule has 5 heteroatoms. The van der Waals surface area contributed by atoms with E-state index in [4.69, 9.17) is 0 Å². The highest BCUT2D eigenvalue weighted by molar-refractivity contribution is 5.90. The Balaban J connectivity index is 1.97. The third-order valence-corrected chi connectivity index (χ3v) is 4.74. The Morgan fingerprint density at radius 3 is 2.62 bits per heavy atom. The molecule has 2 N–H and O–H groups in total. The Kier molecular flexibility index (Phi) is 6.10. The predicted molar refractivity (Wildman–Crippen MR) is 99.7 cm³/mol. The SMILES string of the molecule is CCCCN(C)c1ccc(NC(=O)N2CCCC2C(C)(C)O)cc1. The third-order valence-electron chi connectivity index (χ3n) is 4.74. The molecule has 2 rings (SSSR count). The number of aliphatic hydroxyl groups is 1. The Labute approximate surface area is 145 Å². The minimum Gasteiger partial charge on any atom is -0.388 e. The molecule has 0 bridgehead atoms. The maximum absolute atomic E-state index is 12.5. The molecule has 1 saturated heterocycles. The van der Waals surface area contributed by atoms with Gasteiger partial charge in [-0.25, -0.2) is 4.79 Å². The average Bonchev–Trinajstić information content (AvgIpc) is 3.03. The van der Waals surface area contributed by atoms with Crippen molar-refractivity contribution in [1.29, 1.82) is 0 Å². The summed E-state index contributed by atoms with van der Waals surface area (Å²) in [6.45, 7) is 7.45. The zero-order valence-electron chi connectivity index (χ0n) is 15.4. The van der Waals surface area contributed by atoms with Crippen molar-refractivity contribution >= 4 is 17.4 Å². The number of urea groups is 1. The number of carbonyl (C=O) groups is 1. The summed E-state index contributed by atoms with van der Waals surface area (Å²) < 4.78 is 0. The molecule has 1 heterocycles. The first-order chi connectivity index (χ1) is 11.3. The molecule has 1 aliphatic heterocycles. The molecule has 1 aromatic carbocycles. The number of rotatable bonds is 6.